The molecule has 0 unspecified atom stereocenters. The van der Waals surface area contributed by atoms with Crippen molar-refractivity contribution in [2.75, 3.05) is 19.8 Å². The van der Waals surface area contributed by atoms with Gasteiger partial charge in [-0.15, -0.1) is 0 Å². The Morgan fingerprint density at radius 2 is 1.64 bits per heavy atom. The zero-order valence-corrected chi connectivity index (χ0v) is 18.2. The third-order valence-corrected chi connectivity index (χ3v) is 4.76. The summed E-state index contributed by atoms with van der Waals surface area (Å²) in [6.07, 6.45) is 1.83. The van der Waals surface area contributed by atoms with Crippen LogP contribution in [0.1, 0.15) is 49.9 Å². The Morgan fingerprint density at radius 1 is 0.964 bits per heavy atom. The number of nitrogens with one attached hydrogen (secondary N) is 2. The molecule has 4 nitrogen and oxygen atoms in total. The Bertz CT molecular complexity index is 747. The van der Waals surface area contributed by atoms with Crippen molar-refractivity contribution in [3.8, 4) is 11.5 Å². The number of hydrogen-bond acceptors (Lipinski definition) is 3. The van der Waals surface area contributed by atoms with E-state index in [0.717, 1.165) is 30.9 Å². The fraction of sp³-hybridized carbons (Fsp3) is 0.435. The van der Waals surface area contributed by atoms with E-state index in [2.05, 4.69) is 54.8 Å². The fourth-order valence-electron chi connectivity index (χ4n) is 3.00. The summed E-state index contributed by atoms with van der Waals surface area (Å²) in [5, 5.41) is 7.42. The molecule has 0 aliphatic heterocycles. The van der Waals surface area contributed by atoms with Gasteiger partial charge in [-0.2, -0.15) is 0 Å². The van der Waals surface area contributed by atoms with Crippen LogP contribution in [-0.2, 0) is 6.42 Å². The van der Waals surface area contributed by atoms with Crippen molar-refractivity contribution < 1.29 is 9.47 Å². The molecule has 0 amide bonds. The van der Waals surface area contributed by atoms with Gasteiger partial charge in [0.25, 0.3) is 0 Å². The van der Waals surface area contributed by atoms with Crippen LogP contribution in [0.25, 0.3) is 0 Å². The highest BCUT2D eigenvalue weighted by molar-refractivity contribution is 7.80. The maximum atomic E-state index is 5.70. The van der Waals surface area contributed by atoms with Crippen LogP contribution in [0.15, 0.2) is 42.5 Å². The van der Waals surface area contributed by atoms with Crippen LogP contribution >= 0.6 is 12.2 Å². The highest BCUT2D eigenvalue weighted by atomic mass is 32.1. The van der Waals surface area contributed by atoms with Crippen molar-refractivity contribution in [3.05, 3.63) is 59.2 Å². The Kier molecular flexibility index (Phi) is 9.08. The van der Waals surface area contributed by atoms with E-state index in [4.69, 9.17) is 21.7 Å². The predicted octanol–water partition coefficient (Wildman–Crippen LogP) is 4.95. The first kappa shape index (κ1) is 22.0. The Hall–Kier alpha value is -2.27. The van der Waals surface area contributed by atoms with E-state index in [1.807, 2.05) is 26.0 Å². The van der Waals surface area contributed by atoms with Crippen LogP contribution in [0.2, 0.25) is 0 Å². The van der Waals surface area contributed by atoms with Gasteiger partial charge in [-0.25, -0.2) is 0 Å². The SMILES string of the molecule is CCOc1ccc(CCNC(=S)N[C@@H](CC)c2ccc(C)cc2)cc1OCC. The van der Waals surface area contributed by atoms with Gasteiger partial charge < -0.3 is 20.1 Å². The molecule has 0 bridgehead atoms. The first-order chi connectivity index (χ1) is 13.6. The normalized spacial score (nSPS) is 11.6. The van der Waals surface area contributed by atoms with Crippen molar-refractivity contribution >= 4 is 17.3 Å². The summed E-state index contributed by atoms with van der Waals surface area (Å²) in [7, 11) is 0. The second-order valence-corrected chi connectivity index (χ2v) is 7.08. The molecule has 0 aromatic heterocycles. The van der Waals surface area contributed by atoms with E-state index >= 15 is 0 Å². The van der Waals surface area contributed by atoms with Crippen LogP contribution in [0, 0.1) is 6.92 Å². The molecule has 0 spiro atoms. The van der Waals surface area contributed by atoms with Gasteiger partial charge in [-0.3, -0.25) is 0 Å². The zero-order valence-electron chi connectivity index (χ0n) is 17.4. The lowest BCUT2D eigenvalue weighted by Crippen LogP contribution is -2.38. The molecule has 0 aliphatic carbocycles. The molecule has 0 aliphatic rings. The minimum Gasteiger partial charge on any atom is -0.490 e. The molecule has 0 heterocycles. The number of thiocarbonyl (C=S) groups is 1. The van der Waals surface area contributed by atoms with E-state index in [1.165, 1.54) is 16.7 Å². The molecule has 0 saturated heterocycles. The van der Waals surface area contributed by atoms with Crippen LogP contribution < -0.4 is 20.1 Å². The minimum atomic E-state index is 0.218. The molecule has 0 saturated carbocycles. The molecule has 5 heteroatoms. The van der Waals surface area contributed by atoms with Gasteiger partial charge in [0, 0.05) is 6.54 Å². The van der Waals surface area contributed by atoms with E-state index in [0.29, 0.717) is 18.3 Å². The van der Waals surface area contributed by atoms with Gasteiger partial charge in [0.05, 0.1) is 19.3 Å². The molecular weight excluding hydrogens is 368 g/mol. The molecule has 0 radical (unpaired) electrons. The van der Waals surface area contributed by atoms with Crippen LogP contribution in [0.5, 0.6) is 11.5 Å². The molecule has 2 rings (SSSR count). The topological polar surface area (TPSA) is 42.5 Å². The van der Waals surface area contributed by atoms with Gasteiger partial charge in [-0.1, -0.05) is 42.8 Å². The monoisotopic (exact) mass is 400 g/mol. The Labute approximate surface area is 174 Å². The maximum absolute atomic E-state index is 5.70. The minimum absolute atomic E-state index is 0.218. The van der Waals surface area contributed by atoms with Gasteiger partial charge in [-0.05, 0) is 69.1 Å². The lowest BCUT2D eigenvalue weighted by atomic mass is 10.0. The molecule has 2 aromatic rings. The standard InChI is InChI=1S/C23H32N2O2S/c1-5-20(19-11-8-17(4)9-12-19)25-23(28)24-15-14-18-10-13-21(26-6-2)22(16-18)27-7-3/h8-13,16,20H,5-7,14-15H2,1-4H3,(H2,24,25,28)/t20-/m0/s1. The van der Waals surface area contributed by atoms with E-state index in [9.17, 15) is 0 Å². The van der Waals surface area contributed by atoms with Crippen molar-refractivity contribution in [3.63, 3.8) is 0 Å². The second kappa shape index (κ2) is 11.5. The van der Waals surface area contributed by atoms with Gasteiger partial charge in [0.1, 0.15) is 0 Å². The number of aryl methyl sites for hydroxylation is 1. The largest absolute Gasteiger partial charge is 0.490 e. The molecule has 152 valence electrons. The van der Waals surface area contributed by atoms with Crippen molar-refractivity contribution in [1.82, 2.24) is 10.6 Å². The Balaban J connectivity index is 1.87. The lowest BCUT2D eigenvalue weighted by Gasteiger charge is -2.20. The summed E-state index contributed by atoms with van der Waals surface area (Å²) in [6, 6.07) is 14.9. The fourth-order valence-corrected chi connectivity index (χ4v) is 3.24. The van der Waals surface area contributed by atoms with Gasteiger partial charge in [0.2, 0.25) is 0 Å². The number of rotatable bonds is 10. The summed E-state index contributed by atoms with van der Waals surface area (Å²) in [4.78, 5) is 0. The van der Waals surface area contributed by atoms with Crippen molar-refractivity contribution in [2.45, 2.75) is 46.6 Å². The first-order valence-electron chi connectivity index (χ1n) is 10.1. The van der Waals surface area contributed by atoms with Crippen molar-refractivity contribution in [1.29, 1.82) is 0 Å². The molecule has 0 fully saturated rings. The third-order valence-electron chi connectivity index (χ3n) is 4.50. The lowest BCUT2D eigenvalue weighted by molar-refractivity contribution is 0.287. The summed E-state index contributed by atoms with van der Waals surface area (Å²) in [5.74, 6) is 1.59. The summed E-state index contributed by atoms with van der Waals surface area (Å²) in [5.41, 5.74) is 3.71. The van der Waals surface area contributed by atoms with E-state index in [1.54, 1.807) is 0 Å². The van der Waals surface area contributed by atoms with Crippen molar-refractivity contribution in [2.24, 2.45) is 0 Å². The van der Waals surface area contributed by atoms with Gasteiger partial charge >= 0.3 is 0 Å². The number of ether oxygens (including phenoxy) is 2. The molecule has 28 heavy (non-hydrogen) atoms. The maximum Gasteiger partial charge on any atom is 0.166 e. The molecule has 2 N–H and O–H groups in total. The average molecular weight is 401 g/mol. The summed E-state index contributed by atoms with van der Waals surface area (Å²) in [6.45, 7) is 10.2. The average Bonchev–Trinajstić information content (AvgIpc) is 2.69. The third kappa shape index (κ3) is 6.71. The first-order valence-corrected chi connectivity index (χ1v) is 10.5. The van der Waals surface area contributed by atoms with E-state index < -0.39 is 0 Å². The molecule has 1 atom stereocenters. The molecule has 2 aromatic carbocycles. The molecular formula is C23H32N2O2S. The zero-order chi connectivity index (χ0) is 20.4. The highest BCUT2D eigenvalue weighted by Gasteiger charge is 2.10. The smallest absolute Gasteiger partial charge is 0.166 e. The quantitative estimate of drug-likeness (QED) is 0.552. The van der Waals surface area contributed by atoms with E-state index in [-0.39, 0.29) is 6.04 Å². The van der Waals surface area contributed by atoms with Crippen LogP contribution in [0.4, 0.5) is 0 Å². The number of benzene rings is 2. The van der Waals surface area contributed by atoms with Gasteiger partial charge in [0.15, 0.2) is 16.6 Å². The Morgan fingerprint density at radius 3 is 2.29 bits per heavy atom. The van der Waals surface area contributed by atoms with Crippen LogP contribution in [0.3, 0.4) is 0 Å². The predicted molar refractivity (Wildman–Crippen MR) is 120 cm³/mol. The second-order valence-electron chi connectivity index (χ2n) is 6.67. The summed E-state index contributed by atoms with van der Waals surface area (Å²) < 4.78 is 11.3. The summed E-state index contributed by atoms with van der Waals surface area (Å²) >= 11 is 5.49. The van der Waals surface area contributed by atoms with Crippen LogP contribution in [-0.4, -0.2) is 24.9 Å². The number of hydrogen-bond donors (Lipinski definition) is 2. The highest BCUT2D eigenvalue weighted by Crippen LogP contribution is 2.28.